The van der Waals surface area contributed by atoms with Crippen LogP contribution in [-0.4, -0.2) is 41.0 Å². The third-order valence-electron chi connectivity index (χ3n) is 3.68. The van der Waals surface area contributed by atoms with E-state index in [2.05, 4.69) is 27.1 Å². The molecule has 19 heavy (non-hydrogen) atoms. The number of nitrogens with one attached hydrogen (secondary N) is 1. The number of aromatic nitrogens is 2. The summed E-state index contributed by atoms with van der Waals surface area (Å²) in [5.74, 6) is 0.904. The highest BCUT2D eigenvalue weighted by molar-refractivity contribution is 6.28. The first-order valence-electron chi connectivity index (χ1n) is 7.20. The Morgan fingerprint density at radius 3 is 2.68 bits per heavy atom. The summed E-state index contributed by atoms with van der Waals surface area (Å²) in [6.45, 7) is 8.75. The van der Waals surface area contributed by atoms with Gasteiger partial charge in [0.25, 0.3) is 0 Å². The Morgan fingerprint density at radius 2 is 2.00 bits per heavy atom. The topological polar surface area (TPSA) is 41.1 Å². The quantitative estimate of drug-likeness (QED) is 0.643. The number of anilines is 1. The Balaban J connectivity index is 1.84. The van der Waals surface area contributed by atoms with E-state index in [0.29, 0.717) is 5.28 Å². The zero-order valence-corrected chi connectivity index (χ0v) is 12.6. The molecule has 2 rings (SSSR count). The van der Waals surface area contributed by atoms with E-state index in [9.17, 15) is 0 Å². The van der Waals surface area contributed by atoms with Crippen molar-refractivity contribution >= 4 is 17.4 Å². The summed E-state index contributed by atoms with van der Waals surface area (Å²) >= 11 is 5.93. The maximum Gasteiger partial charge on any atom is 0.224 e. The Hall–Kier alpha value is -0.870. The van der Waals surface area contributed by atoms with Gasteiger partial charge in [0.1, 0.15) is 5.82 Å². The molecule has 0 aromatic carbocycles. The average Bonchev–Trinajstić information content (AvgIpc) is 2.87. The zero-order valence-electron chi connectivity index (χ0n) is 11.9. The molecule has 1 fully saturated rings. The molecule has 5 heteroatoms. The second kappa shape index (κ2) is 7.06. The number of nitrogens with zero attached hydrogens (tertiary/aromatic N) is 3. The van der Waals surface area contributed by atoms with Crippen LogP contribution in [0.5, 0.6) is 0 Å². The first kappa shape index (κ1) is 14.5. The van der Waals surface area contributed by atoms with Crippen LogP contribution in [0.25, 0.3) is 0 Å². The van der Waals surface area contributed by atoms with Crippen molar-refractivity contribution in [2.75, 3.05) is 31.5 Å². The van der Waals surface area contributed by atoms with Crippen LogP contribution in [0.2, 0.25) is 5.28 Å². The largest absolute Gasteiger partial charge is 0.370 e. The molecule has 1 aromatic rings. The van der Waals surface area contributed by atoms with E-state index in [1.165, 1.54) is 38.0 Å². The summed E-state index contributed by atoms with van der Waals surface area (Å²) < 4.78 is 0. The Morgan fingerprint density at radius 1 is 1.26 bits per heavy atom. The van der Waals surface area contributed by atoms with Crippen LogP contribution in [0.4, 0.5) is 5.82 Å². The van der Waals surface area contributed by atoms with Gasteiger partial charge >= 0.3 is 0 Å². The van der Waals surface area contributed by atoms with Gasteiger partial charge in [-0.15, -0.1) is 0 Å². The van der Waals surface area contributed by atoms with Gasteiger partial charge in [0.2, 0.25) is 5.28 Å². The molecule has 1 N–H and O–H groups in total. The minimum Gasteiger partial charge on any atom is -0.370 e. The van der Waals surface area contributed by atoms with Gasteiger partial charge in [-0.1, -0.05) is 6.92 Å². The van der Waals surface area contributed by atoms with Gasteiger partial charge in [-0.3, -0.25) is 0 Å². The minimum absolute atomic E-state index is 0.330. The van der Waals surface area contributed by atoms with Gasteiger partial charge in [0, 0.05) is 17.8 Å². The van der Waals surface area contributed by atoms with Gasteiger partial charge in [-0.25, -0.2) is 9.97 Å². The van der Waals surface area contributed by atoms with Gasteiger partial charge in [-0.05, 0) is 63.8 Å². The van der Waals surface area contributed by atoms with Crippen LogP contribution in [0.15, 0.2) is 0 Å². The lowest BCUT2D eigenvalue weighted by molar-refractivity contribution is 0.337. The highest BCUT2D eigenvalue weighted by Crippen LogP contribution is 2.19. The molecule has 0 saturated carbocycles. The third kappa shape index (κ3) is 4.05. The Bertz CT molecular complexity index is 416. The van der Waals surface area contributed by atoms with E-state index in [4.69, 9.17) is 11.6 Å². The van der Waals surface area contributed by atoms with Crippen molar-refractivity contribution in [3.05, 3.63) is 16.5 Å². The van der Waals surface area contributed by atoms with E-state index >= 15 is 0 Å². The highest BCUT2D eigenvalue weighted by atomic mass is 35.5. The molecule has 0 unspecified atom stereocenters. The fourth-order valence-electron chi connectivity index (χ4n) is 2.65. The summed E-state index contributed by atoms with van der Waals surface area (Å²) in [6, 6.07) is 0. The second-order valence-electron chi connectivity index (χ2n) is 5.09. The zero-order chi connectivity index (χ0) is 13.7. The molecule has 1 aromatic heterocycles. The Kier molecular flexibility index (Phi) is 5.40. The lowest BCUT2D eigenvalue weighted by atomic mass is 10.1. The Labute approximate surface area is 120 Å². The SMILES string of the molecule is CCc1c(C)nc(Cl)nc1NCCCN1CCCC1. The average molecular weight is 283 g/mol. The molecule has 1 aliphatic rings. The highest BCUT2D eigenvalue weighted by Gasteiger charge is 2.11. The van der Waals surface area contributed by atoms with Crippen LogP contribution in [-0.2, 0) is 6.42 Å². The molecule has 0 amide bonds. The number of hydrogen-bond donors (Lipinski definition) is 1. The lowest BCUT2D eigenvalue weighted by Gasteiger charge is -2.16. The van der Waals surface area contributed by atoms with Crippen molar-refractivity contribution < 1.29 is 0 Å². The maximum absolute atomic E-state index is 5.93. The number of aryl methyl sites for hydroxylation is 1. The molecule has 2 heterocycles. The smallest absolute Gasteiger partial charge is 0.224 e. The first-order chi connectivity index (χ1) is 9.20. The molecule has 1 aliphatic heterocycles. The number of rotatable bonds is 6. The van der Waals surface area contributed by atoms with E-state index in [-0.39, 0.29) is 0 Å². The van der Waals surface area contributed by atoms with Crippen molar-refractivity contribution in [3.63, 3.8) is 0 Å². The molecule has 0 atom stereocenters. The van der Waals surface area contributed by atoms with Crippen molar-refractivity contribution in [2.45, 2.75) is 39.5 Å². The molecule has 0 radical (unpaired) electrons. The fraction of sp³-hybridized carbons (Fsp3) is 0.714. The predicted molar refractivity (Wildman–Crippen MR) is 79.9 cm³/mol. The molecular weight excluding hydrogens is 260 g/mol. The fourth-order valence-corrected chi connectivity index (χ4v) is 2.86. The van der Waals surface area contributed by atoms with E-state index in [0.717, 1.165) is 30.9 Å². The molecule has 4 nitrogen and oxygen atoms in total. The van der Waals surface area contributed by atoms with Crippen molar-refractivity contribution in [3.8, 4) is 0 Å². The van der Waals surface area contributed by atoms with Gasteiger partial charge in [0.15, 0.2) is 0 Å². The normalized spacial score (nSPS) is 15.9. The summed E-state index contributed by atoms with van der Waals surface area (Å²) in [4.78, 5) is 11.0. The van der Waals surface area contributed by atoms with Gasteiger partial charge in [-0.2, -0.15) is 0 Å². The number of hydrogen-bond acceptors (Lipinski definition) is 4. The van der Waals surface area contributed by atoms with Crippen molar-refractivity contribution in [1.82, 2.24) is 14.9 Å². The molecule has 0 bridgehead atoms. The van der Waals surface area contributed by atoms with E-state index in [1.807, 2.05) is 6.92 Å². The van der Waals surface area contributed by atoms with Crippen molar-refractivity contribution in [2.24, 2.45) is 0 Å². The second-order valence-corrected chi connectivity index (χ2v) is 5.43. The summed E-state index contributed by atoms with van der Waals surface area (Å²) in [7, 11) is 0. The molecule has 1 saturated heterocycles. The lowest BCUT2D eigenvalue weighted by Crippen LogP contribution is -2.22. The minimum atomic E-state index is 0.330. The molecule has 0 spiro atoms. The van der Waals surface area contributed by atoms with Crippen LogP contribution < -0.4 is 5.32 Å². The van der Waals surface area contributed by atoms with E-state index < -0.39 is 0 Å². The van der Waals surface area contributed by atoms with Crippen LogP contribution in [0.3, 0.4) is 0 Å². The van der Waals surface area contributed by atoms with Crippen LogP contribution in [0.1, 0.15) is 37.4 Å². The van der Waals surface area contributed by atoms with Gasteiger partial charge < -0.3 is 10.2 Å². The third-order valence-corrected chi connectivity index (χ3v) is 3.85. The molecule has 106 valence electrons. The molecule has 0 aliphatic carbocycles. The summed E-state index contributed by atoms with van der Waals surface area (Å²) in [5.41, 5.74) is 2.15. The number of halogens is 1. The molecular formula is C14H23ClN4. The van der Waals surface area contributed by atoms with Gasteiger partial charge in [0.05, 0.1) is 0 Å². The van der Waals surface area contributed by atoms with Crippen LogP contribution >= 0.6 is 11.6 Å². The first-order valence-corrected chi connectivity index (χ1v) is 7.57. The maximum atomic E-state index is 5.93. The van der Waals surface area contributed by atoms with Crippen LogP contribution in [0, 0.1) is 6.92 Å². The summed E-state index contributed by atoms with van der Waals surface area (Å²) in [5, 5.41) is 3.74. The van der Waals surface area contributed by atoms with Crippen molar-refractivity contribution in [1.29, 1.82) is 0 Å². The monoisotopic (exact) mass is 282 g/mol. The number of likely N-dealkylation sites (tertiary alicyclic amines) is 1. The predicted octanol–water partition coefficient (Wildman–Crippen LogP) is 2.90. The van der Waals surface area contributed by atoms with E-state index in [1.54, 1.807) is 0 Å². The summed E-state index contributed by atoms with van der Waals surface area (Å²) in [6.07, 6.45) is 4.78. The standard InChI is InChI=1S/C14H23ClN4/c1-3-12-11(2)17-14(15)18-13(12)16-7-6-10-19-8-4-5-9-19/h3-10H2,1-2H3,(H,16,17,18).